The molecule has 0 aliphatic carbocycles. The van der Waals surface area contributed by atoms with Gasteiger partial charge in [-0.15, -0.1) is 0 Å². The number of carbonyl (C=O) groups excluding carboxylic acids is 1. The number of nitro groups is 1. The molecule has 1 heterocycles. The fourth-order valence-electron chi connectivity index (χ4n) is 2.90. The Balaban J connectivity index is 1.64. The molecule has 0 unspecified atom stereocenters. The third kappa shape index (κ3) is 5.60. The maximum absolute atomic E-state index is 12.6. The molecule has 0 aliphatic heterocycles. The summed E-state index contributed by atoms with van der Waals surface area (Å²) in [4.78, 5) is 29.1. The molecule has 0 N–H and O–H groups in total. The first-order valence-electron chi connectivity index (χ1n) is 9.66. The lowest BCUT2D eigenvalue weighted by molar-refractivity contribution is -0.384. The summed E-state index contributed by atoms with van der Waals surface area (Å²) in [6, 6.07) is 15.7. The van der Waals surface area contributed by atoms with Gasteiger partial charge < -0.3 is 9.42 Å². The highest BCUT2D eigenvalue weighted by molar-refractivity contribution is 5.91. The molecule has 0 bridgehead atoms. The van der Waals surface area contributed by atoms with Crippen molar-refractivity contribution in [3.8, 4) is 11.4 Å². The molecule has 30 heavy (non-hydrogen) atoms. The fraction of sp³-hybridized carbons (Fsp3) is 0.227. The number of nitrogens with zero attached hydrogens (tertiary/aromatic N) is 4. The maximum Gasteiger partial charge on any atom is 0.270 e. The lowest BCUT2D eigenvalue weighted by Gasteiger charge is -2.19. The summed E-state index contributed by atoms with van der Waals surface area (Å²) in [7, 11) is 0. The highest BCUT2D eigenvalue weighted by Gasteiger charge is 2.15. The van der Waals surface area contributed by atoms with Crippen LogP contribution in [0.15, 0.2) is 65.2 Å². The molecule has 0 aliphatic rings. The van der Waals surface area contributed by atoms with Gasteiger partial charge in [0.2, 0.25) is 17.6 Å². The lowest BCUT2D eigenvalue weighted by Crippen LogP contribution is -2.32. The fourth-order valence-corrected chi connectivity index (χ4v) is 2.90. The lowest BCUT2D eigenvalue weighted by atomic mass is 10.2. The highest BCUT2D eigenvalue weighted by atomic mass is 16.6. The smallest absolute Gasteiger partial charge is 0.270 e. The Labute approximate surface area is 174 Å². The van der Waals surface area contributed by atoms with E-state index in [1.807, 2.05) is 37.3 Å². The number of benzene rings is 2. The van der Waals surface area contributed by atoms with Gasteiger partial charge >= 0.3 is 0 Å². The number of nitro benzene ring substituents is 1. The quantitative estimate of drug-likeness (QED) is 0.301. The Bertz CT molecular complexity index is 1030. The minimum Gasteiger partial charge on any atom is -0.339 e. The van der Waals surface area contributed by atoms with Crippen molar-refractivity contribution in [3.63, 3.8) is 0 Å². The van der Waals surface area contributed by atoms with Crippen molar-refractivity contribution >= 4 is 17.7 Å². The normalized spacial score (nSPS) is 11.0. The van der Waals surface area contributed by atoms with E-state index in [0.717, 1.165) is 12.0 Å². The van der Waals surface area contributed by atoms with Crippen LogP contribution < -0.4 is 0 Å². The van der Waals surface area contributed by atoms with Crippen LogP contribution in [0, 0.1) is 10.1 Å². The average molecular weight is 406 g/mol. The molecule has 0 fully saturated rings. The topological polar surface area (TPSA) is 102 Å². The van der Waals surface area contributed by atoms with E-state index in [-0.39, 0.29) is 17.4 Å². The van der Waals surface area contributed by atoms with Gasteiger partial charge in [0.15, 0.2) is 0 Å². The molecule has 0 spiro atoms. The summed E-state index contributed by atoms with van der Waals surface area (Å²) >= 11 is 0. The van der Waals surface area contributed by atoms with Crippen LogP contribution in [0.3, 0.4) is 0 Å². The second-order valence-corrected chi connectivity index (χ2v) is 6.64. The van der Waals surface area contributed by atoms with Gasteiger partial charge in [0.05, 0.1) is 4.92 Å². The molecule has 1 aromatic heterocycles. The standard InChI is InChI=1S/C22H22N4O4/c1-2-14-25(21(27)12-11-17-7-4-3-5-8-17)15-13-20-23-22(24-30-20)18-9-6-10-19(16-18)26(28)29/h3-12,16H,2,13-15H2,1H3. The second-order valence-electron chi connectivity index (χ2n) is 6.64. The summed E-state index contributed by atoms with van der Waals surface area (Å²) in [5.74, 6) is 0.572. The summed E-state index contributed by atoms with van der Waals surface area (Å²) in [5, 5.41) is 14.8. The monoisotopic (exact) mass is 406 g/mol. The van der Waals surface area contributed by atoms with Crippen LogP contribution in [0.4, 0.5) is 5.69 Å². The van der Waals surface area contributed by atoms with Crippen LogP contribution in [0.5, 0.6) is 0 Å². The molecule has 0 saturated heterocycles. The highest BCUT2D eigenvalue weighted by Crippen LogP contribution is 2.21. The molecule has 0 saturated carbocycles. The number of rotatable bonds is 9. The van der Waals surface area contributed by atoms with Crippen LogP contribution in [-0.4, -0.2) is 39.0 Å². The van der Waals surface area contributed by atoms with Gasteiger partial charge in [0.25, 0.3) is 5.69 Å². The van der Waals surface area contributed by atoms with E-state index in [2.05, 4.69) is 10.1 Å². The number of non-ortho nitro benzene ring substituents is 1. The van der Waals surface area contributed by atoms with Crippen molar-refractivity contribution < 1.29 is 14.2 Å². The van der Waals surface area contributed by atoms with Crippen molar-refractivity contribution in [2.75, 3.05) is 13.1 Å². The number of aromatic nitrogens is 2. The first-order chi connectivity index (χ1) is 14.6. The molecule has 3 rings (SSSR count). The Morgan fingerprint density at radius 2 is 1.97 bits per heavy atom. The summed E-state index contributed by atoms with van der Waals surface area (Å²) in [6.07, 6.45) is 4.58. The summed E-state index contributed by atoms with van der Waals surface area (Å²) in [6.45, 7) is 3.06. The van der Waals surface area contributed by atoms with E-state index < -0.39 is 4.92 Å². The Morgan fingerprint density at radius 1 is 1.17 bits per heavy atom. The van der Waals surface area contributed by atoms with Gasteiger partial charge in [0.1, 0.15) is 0 Å². The predicted octanol–water partition coefficient (Wildman–Crippen LogP) is 4.14. The Kier molecular flexibility index (Phi) is 7.05. The van der Waals surface area contributed by atoms with Crippen molar-refractivity contribution in [2.45, 2.75) is 19.8 Å². The van der Waals surface area contributed by atoms with E-state index >= 15 is 0 Å². The zero-order chi connectivity index (χ0) is 21.3. The third-order valence-corrected chi connectivity index (χ3v) is 4.40. The zero-order valence-corrected chi connectivity index (χ0v) is 16.6. The summed E-state index contributed by atoms with van der Waals surface area (Å²) in [5.41, 5.74) is 1.43. The second kappa shape index (κ2) is 10.1. The van der Waals surface area contributed by atoms with Crippen LogP contribution in [0.2, 0.25) is 0 Å². The Hall–Kier alpha value is -3.81. The van der Waals surface area contributed by atoms with Crippen molar-refractivity contribution in [1.29, 1.82) is 0 Å². The molecule has 0 radical (unpaired) electrons. The van der Waals surface area contributed by atoms with Crippen molar-refractivity contribution in [3.05, 3.63) is 82.2 Å². The minimum absolute atomic E-state index is 0.0382. The summed E-state index contributed by atoms with van der Waals surface area (Å²) < 4.78 is 5.27. The van der Waals surface area contributed by atoms with Crippen LogP contribution in [-0.2, 0) is 11.2 Å². The van der Waals surface area contributed by atoms with E-state index in [0.29, 0.717) is 31.0 Å². The van der Waals surface area contributed by atoms with E-state index in [1.165, 1.54) is 12.1 Å². The molecule has 154 valence electrons. The van der Waals surface area contributed by atoms with Gasteiger partial charge in [-0.25, -0.2) is 0 Å². The van der Waals surface area contributed by atoms with Crippen LogP contribution in [0.25, 0.3) is 17.5 Å². The van der Waals surface area contributed by atoms with E-state index in [1.54, 1.807) is 29.2 Å². The van der Waals surface area contributed by atoms with Crippen LogP contribution in [0.1, 0.15) is 24.8 Å². The molecular formula is C22H22N4O4. The molecule has 3 aromatic rings. The molecular weight excluding hydrogens is 384 g/mol. The molecule has 8 nitrogen and oxygen atoms in total. The molecule has 1 amide bonds. The number of amides is 1. The van der Waals surface area contributed by atoms with Gasteiger partial charge in [-0.1, -0.05) is 54.5 Å². The largest absolute Gasteiger partial charge is 0.339 e. The van der Waals surface area contributed by atoms with Crippen molar-refractivity contribution in [1.82, 2.24) is 15.0 Å². The first kappa shape index (κ1) is 20.9. The van der Waals surface area contributed by atoms with Crippen LogP contribution >= 0.6 is 0 Å². The molecule has 8 heteroatoms. The van der Waals surface area contributed by atoms with Gasteiger partial charge in [-0.3, -0.25) is 14.9 Å². The SMILES string of the molecule is CCCN(CCc1nc(-c2cccc([N+](=O)[O-])c2)no1)C(=O)C=Cc1ccccc1. The maximum atomic E-state index is 12.6. The number of carbonyl (C=O) groups is 1. The Morgan fingerprint density at radius 3 is 2.70 bits per heavy atom. The van der Waals surface area contributed by atoms with Gasteiger partial charge in [-0.2, -0.15) is 4.98 Å². The third-order valence-electron chi connectivity index (χ3n) is 4.40. The molecule has 2 aromatic carbocycles. The van der Waals surface area contributed by atoms with Gasteiger partial charge in [0, 0.05) is 43.3 Å². The van der Waals surface area contributed by atoms with Crippen molar-refractivity contribution in [2.24, 2.45) is 0 Å². The first-order valence-corrected chi connectivity index (χ1v) is 9.66. The van der Waals surface area contributed by atoms with E-state index in [9.17, 15) is 14.9 Å². The average Bonchev–Trinajstić information content (AvgIpc) is 3.25. The predicted molar refractivity (Wildman–Crippen MR) is 112 cm³/mol. The zero-order valence-electron chi connectivity index (χ0n) is 16.6. The number of hydrogen-bond donors (Lipinski definition) is 0. The van der Waals surface area contributed by atoms with Gasteiger partial charge in [-0.05, 0) is 18.1 Å². The molecule has 0 atom stereocenters. The van der Waals surface area contributed by atoms with E-state index in [4.69, 9.17) is 4.52 Å². The minimum atomic E-state index is -0.471. The number of hydrogen-bond acceptors (Lipinski definition) is 6.